The molecule has 5 heteroatoms. The summed E-state index contributed by atoms with van der Waals surface area (Å²) in [7, 11) is 0. The topological polar surface area (TPSA) is 56.8 Å². The first-order valence-corrected chi connectivity index (χ1v) is 7.50. The second-order valence-electron chi connectivity index (χ2n) is 5.51. The smallest absolute Gasteiger partial charge is 0.258 e. The lowest BCUT2D eigenvalue weighted by atomic mass is 10.1. The Morgan fingerprint density at radius 1 is 1.22 bits per heavy atom. The summed E-state index contributed by atoms with van der Waals surface area (Å²) in [5, 5.41) is 2.91. The minimum absolute atomic E-state index is 0.0155. The third kappa shape index (κ3) is 3.74. The molecule has 1 N–H and O–H groups in total. The predicted octanol–water partition coefficient (Wildman–Crippen LogP) is 2.98. The van der Waals surface area contributed by atoms with Gasteiger partial charge in [-0.05, 0) is 49.2 Å². The van der Waals surface area contributed by atoms with E-state index in [2.05, 4.69) is 5.32 Å². The van der Waals surface area contributed by atoms with Crippen LogP contribution in [0, 0.1) is 6.92 Å². The fourth-order valence-electron chi connectivity index (χ4n) is 2.40. The van der Waals surface area contributed by atoms with Crippen molar-refractivity contribution < 1.29 is 19.0 Å². The Morgan fingerprint density at radius 3 is 2.87 bits per heavy atom. The molecule has 0 saturated carbocycles. The SMILES string of the molecule is Cc1cccc(OCC(=O)NC(C)c2ccc3c(c2)OCO3)c1. The van der Waals surface area contributed by atoms with Crippen LogP contribution in [0.15, 0.2) is 42.5 Å². The standard InChI is InChI=1S/C18H19NO4/c1-12-4-3-5-15(8-12)21-10-18(20)19-13(2)14-6-7-16-17(9-14)23-11-22-16/h3-9,13H,10-11H2,1-2H3,(H,19,20). The van der Waals surface area contributed by atoms with Crippen molar-refractivity contribution in [2.24, 2.45) is 0 Å². The molecule has 1 aliphatic rings. The van der Waals surface area contributed by atoms with E-state index in [0.717, 1.165) is 16.9 Å². The van der Waals surface area contributed by atoms with Crippen molar-refractivity contribution >= 4 is 5.91 Å². The third-order valence-electron chi connectivity index (χ3n) is 3.63. The van der Waals surface area contributed by atoms with Gasteiger partial charge in [0.25, 0.3) is 5.91 Å². The van der Waals surface area contributed by atoms with E-state index in [0.29, 0.717) is 11.5 Å². The van der Waals surface area contributed by atoms with Crippen LogP contribution in [0.3, 0.4) is 0 Å². The molecule has 1 atom stereocenters. The van der Waals surface area contributed by atoms with Crippen molar-refractivity contribution in [3.63, 3.8) is 0 Å². The molecule has 0 radical (unpaired) electrons. The molecule has 2 aromatic carbocycles. The van der Waals surface area contributed by atoms with Gasteiger partial charge in [0.2, 0.25) is 6.79 Å². The minimum atomic E-state index is -0.170. The van der Waals surface area contributed by atoms with E-state index >= 15 is 0 Å². The lowest BCUT2D eigenvalue weighted by Gasteiger charge is -2.15. The highest BCUT2D eigenvalue weighted by Crippen LogP contribution is 2.34. The quantitative estimate of drug-likeness (QED) is 0.922. The molecule has 0 bridgehead atoms. The van der Waals surface area contributed by atoms with Gasteiger partial charge in [0.1, 0.15) is 5.75 Å². The highest BCUT2D eigenvalue weighted by molar-refractivity contribution is 5.78. The number of nitrogens with one attached hydrogen (secondary N) is 1. The number of fused-ring (bicyclic) bond motifs is 1. The first kappa shape index (κ1) is 15.2. The molecule has 2 aromatic rings. The summed E-state index contributed by atoms with van der Waals surface area (Å²) >= 11 is 0. The molecule has 0 aromatic heterocycles. The highest BCUT2D eigenvalue weighted by Gasteiger charge is 2.17. The van der Waals surface area contributed by atoms with E-state index in [9.17, 15) is 4.79 Å². The maximum atomic E-state index is 12.0. The van der Waals surface area contributed by atoms with E-state index in [-0.39, 0.29) is 25.3 Å². The van der Waals surface area contributed by atoms with E-state index in [1.807, 2.05) is 56.3 Å². The van der Waals surface area contributed by atoms with Crippen LogP contribution in [0.25, 0.3) is 0 Å². The Hall–Kier alpha value is -2.69. The summed E-state index contributed by atoms with van der Waals surface area (Å²) in [5.74, 6) is 1.96. The second kappa shape index (κ2) is 6.60. The summed E-state index contributed by atoms with van der Waals surface area (Å²) in [6.07, 6.45) is 0. The van der Waals surface area contributed by atoms with Crippen LogP contribution in [0.5, 0.6) is 17.2 Å². The number of hydrogen-bond acceptors (Lipinski definition) is 4. The summed E-state index contributed by atoms with van der Waals surface area (Å²) in [6, 6.07) is 13.1. The number of amides is 1. The van der Waals surface area contributed by atoms with Gasteiger partial charge in [-0.25, -0.2) is 0 Å². The molecule has 0 fully saturated rings. The zero-order chi connectivity index (χ0) is 16.2. The molecule has 5 nitrogen and oxygen atoms in total. The van der Waals surface area contributed by atoms with Crippen molar-refractivity contribution in [2.45, 2.75) is 19.9 Å². The first-order chi connectivity index (χ1) is 11.1. The molecule has 0 saturated heterocycles. The van der Waals surface area contributed by atoms with Gasteiger partial charge in [-0.1, -0.05) is 18.2 Å². The average Bonchev–Trinajstić information content (AvgIpc) is 3.00. The number of benzene rings is 2. The van der Waals surface area contributed by atoms with Crippen molar-refractivity contribution in [3.8, 4) is 17.2 Å². The average molecular weight is 313 g/mol. The third-order valence-corrected chi connectivity index (χ3v) is 3.63. The van der Waals surface area contributed by atoms with Gasteiger partial charge in [0.05, 0.1) is 6.04 Å². The molecule has 0 spiro atoms. The van der Waals surface area contributed by atoms with Gasteiger partial charge in [-0.2, -0.15) is 0 Å². The van der Waals surface area contributed by atoms with Crippen LogP contribution >= 0.6 is 0 Å². The van der Waals surface area contributed by atoms with E-state index in [4.69, 9.17) is 14.2 Å². The van der Waals surface area contributed by atoms with E-state index < -0.39 is 0 Å². The van der Waals surface area contributed by atoms with Gasteiger partial charge in [0.15, 0.2) is 18.1 Å². The summed E-state index contributed by atoms with van der Waals surface area (Å²) in [5.41, 5.74) is 2.05. The maximum Gasteiger partial charge on any atom is 0.258 e. The van der Waals surface area contributed by atoms with Crippen LogP contribution < -0.4 is 19.5 Å². The highest BCUT2D eigenvalue weighted by atomic mass is 16.7. The largest absolute Gasteiger partial charge is 0.484 e. The van der Waals surface area contributed by atoms with Gasteiger partial charge in [0, 0.05) is 0 Å². The molecule has 1 unspecified atom stereocenters. The summed E-state index contributed by atoms with van der Waals surface area (Å²) < 4.78 is 16.1. The van der Waals surface area contributed by atoms with Crippen molar-refractivity contribution in [3.05, 3.63) is 53.6 Å². The Labute approximate surface area is 135 Å². The second-order valence-corrected chi connectivity index (χ2v) is 5.51. The van der Waals surface area contributed by atoms with E-state index in [1.165, 1.54) is 0 Å². The summed E-state index contributed by atoms with van der Waals surface area (Å²) in [6.45, 7) is 4.12. The van der Waals surface area contributed by atoms with Crippen LogP contribution in [-0.2, 0) is 4.79 Å². The Bertz CT molecular complexity index is 714. The van der Waals surface area contributed by atoms with Crippen LogP contribution in [0.4, 0.5) is 0 Å². The zero-order valence-electron chi connectivity index (χ0n) is 13.2. The lowest BCUT2D eigenvalue weighted by Crippen LogP contribution is -2.31. The number of aryl methyl sites for hydroxylation is 1. The Balaban J connectivity index is 1.55. The molecule has 1 amide bonds. The first-order valence-electron chi connectivity index (χ1n) is 7.50. The zero-order valence-corrected chi connectivity index (χ0v) is 13.2. The van der Waals surface area contributed by atoms with Gasteiger partial charge >= 0.3 is 0 Å². The molecule has 1 heterocycles. The van der Waals surface area contributed by atoms with Gasteiger partial charge in [-0.3, -0.25) is 4.79 Å². The van der Waals surface area contributed by atoms with Crippen molar-refractivity contribution in [1.82, 2.24) is 5.32 Å². The fourth-order valence-corrected chi connectivity index (χ4v) is 2.40. The van der Waals surface area contributed by atoms with Gasteiger partial charge in [-0.15, -0.1) is 0 Å². The number of carbonyl (C=O) groups excluding carboxylic acids is 1. The molecule has 0 aliphatic carbocycles. The molecule has 3 rings (SSSR count). The van der Waals surface area contributed by atoms with Crippen LogP contribution in [-0.4, -0.2) is 19.3 Å². The Morgan fingerprint density at radius 2 is 2.04 bits per heavy atom. The molecule has 1 aliphatic heterocycles. The fraction of sp³-hybridized carbons (Fsp3) is 0.278. The van der Waals surface area contributed by atoms with Crippen molar-refractivity contribution in [1.29, 1.82) is 0 Å². The number of carbonyl (C=O) groups is 1. The van der Waals surface area contributed by atoms with Crippen LogP contribution in [0.2, 0.25) is 0 Å². The molecular weight excluding hydrogens is 294 g/mol. The predicted molar refractivity (Wildman–Crippen MR) is 85.8 cm³/mol. The molecular formula is C18H19NO4. The lowest BCUT2D eigenvalue weighted by molar-refractivity contribution is -0.123. The van der Waals surface area contributed by atoms with Gasteiger partial charge < -0.3 is 19.5 Å². The van der Waals surface area contributed by atoms with E-state index in [1.54, 1.807) is 0 Å². The summed E-state index contributed by atoms with van der Waals surface area (Å²) in [4.78, 5) is 12.0. The Kier molecular flexibility index (Phi) is 4.37. The normalized spacial score (nSPS) is 13.5. The molecule has 23 heavy (non-hydrogen) atoms. The number of ether oxygens (including phenoxy) is 3. The number of rotatable bonds is 5. The number of hydrogen-bond donors (Lipinski definition) is 1. The maximum absolute atomic E-state index is 12.0. The monoisotopic (exact) mass is 313 g/mol. The molecule has 120 valence electrons. The van der Waals surface area contributed by atoms with Crippen LogP contribution in [0.1, 0.15) is 24.1 Å². The minimum Gasteiger partial charge on any atom is -0.484 e. The van der Waals surface area contributed by atoms with Crippen molar-refractivity contribution in [2.75, 3.05) is 13.4 Å².